The van der Waals surface area contributed by atoms with Gasteiger partial charge in [-0.2, -0.15) is 26.3 Å². The number of nitrogens with zero attached hydrogens (tertiary/aromatic N) is 2. The van der Waals surface area contributed by atoms with Crippen molar-refractivity contribution in [2.45, 2.75) is 26.2 Å². The van der Waals surface area contributed by atoms with Gasteiger partial charge in [-0.3, -0.25) is 0 Å². The van der Waals surface area contributed by atoms with Crippen molar-refractivity contribution in [2.24, 2.45) is 0 Å². The predicted octanol–water partition coefficient (Wildman–Crippen LogP) is 4.53. The van der Waals surface area contributed by atoms with E-state index in [4.69, 9.17) is 0 Å². The van der Waals surface area contributed by atoms with E-state index in [9.17, 15) is 26.3 Å². The zero-order chi connectivity index (χ0) is 16.0. The number of rotatable bonds is 1. The van der Waals surface area contributed by atoms with Gasteiger partial charge in [-0.05, 0) is 32.0 Å². The highest BCUT2D eigenvalue weighted by Gasteiger charge is 2.43. The molecule has 1 aromatic heterocycles. The molecule has 0 atom stereocenters. The molecule has 0 aliphatic carbocycles. The van der Waals surface area contributed by atoms with Crippen LogP contribution in [-0.4, -0.2) is 9.55 Å². The third-order valence-electron chi connectivity index (χ3n) is 3.14. The molecule has 2 nitrogen and oxygen atoms in total. The fourth-order valence-electron chi connectivity index (χ4n) is 1.92. The Morgan fingerprint density at radius 2 is 1.48 bits per heavy atom. The number of imidazole rings is 1. The monoisotopic (exact) mass is 308 g/mol. The molecule has 1 heterocycles. The lowest BCUT2D eigenvalue weighted by Gasteiger charge is -2.17. The van der Waals surface area contributed by atoms with Crippen molar-refractivity contribution < 1.29 is 26.3 Å². The molecule has 0 saturated carbocycles. The molecule has 0 bridgehead atoms. The Hall–Kier alpha value is -1.99. The molecule has 0 unspecified atom stereocenters. The zero-order valence-electron chi connectivity index (χ0n) is 11.0. The molecule has 21 heavy (non-hydrogen) atoms. The molecule has 0 aliphatic heterocycles. The van der Waals surface area contributed by atoms with E-state index >= 15 is 0 Å². The van der Waals surface area contributed by atoms with Gasteiger partial charge in [-0.15, -0.1) is 0 Å². The van der Waals surface area contributed by atoms with Crippen molar-refractivity contribution >= 4 is 0 Å². The number of aromatic nitrogens is 2. The van der Waals surface area contributed by atoms with Crippen LogP contribution in [0.2, 0.25) is 0 Å². The first-order valence-corrected chi connectivity index (χ1v) is 5.81. The summed E-state index contributed by atoms with van der Waals surface area (Å²) in [5.41, 5.74) is -2.29. The molecule has 0 radical (unpaired) electrons. The number of halogens is 6. The third kappa shape index (κ3) is 2.88. The lowest BCUT2D eigenvalue weighted by Crippen LogP contribution is -2.17. The van der Waals surface area contributed by atoms with E-state index in [0.717, 1.165) is 6.07 Å². The van der Waals surface area contributed by atoms with E-state index in [0.29, 0.717) is 23.5 Å². The summed E-state index contributed by atoms with van der Waals surface area (Å²) in [5, 5.41) is 0. The van der Waals surface area contributed by atoms with E-state index in [-0.39, 0.29) is 5.69 Å². The van der Waals surface area contributed by atoms with Crippen LogP contribution >= 0.6 is 0 Å². The van der Waals surface area contributed by atoms with Gasteiger partial charge in [0.05, 0.1) is 23.1 Å². The van der Waals surface area contributed by atoms with E-state index in [2.05, 4.69) is 4.98 Å². The van der Waals surface area contributed by atoms with Crippen LogP contribution in [0.5, 0.6) is 0 Å². The fourth-order valence-corrected chi connectivity index (χ4v) is 1.92. The van der Waals surface area contributed by atoms with Gasteiger partial charge in [0.2, 0.25) is 0 Å². The second-order valence-electron chi connectivity index (χ2n) is 4.51. The Morgan fingerprint density at radius 3 is 1.90 bits per heavy atom. The van der Waals surface area contributed by atoms with Crippen LogP contribution in [0, 0.1) is 13.8 Å². The smallest absolute Gasteiger partial charge is 0.303 e. The fraction of sp³-hybridized carbons (Fsp3) is 0.308. The second-order valence-corrected chi connectivity index (χ2v) is 4.51. The summed E-state index contributed by atoms with van der Waals surface area (Å²) in [5.74, 6) is 0. The summed E-state index contributed by atoms with van der Waals surface area (Å²) in [7, 11) is 0. The highest BCUT2D eigenvalue weighted by Crippen LogP contribution is 2.41. The van der Waals surface area contributed by atoms with E-state index in [1.807, 2.05) is 0 Å². The maximum atomic E-state index is 12.9. The van der Waals surface area contributed by atoms with Crippen molar-refractivity contribution in [1.82, 2.24) is 9.55 Å². The second kappa shape index (κ2) is 4.78. The Bertz CT molecular complexity index is 666. The topological polar surface area (TPSA) is 17.8 Å². The quantitative estimate of drug-likeness (QED) is 0.708. The SMILES string of the molecule is Cc1ncn(-c2ccc(C(F)(F)F)c(C(F)(F)F)c2)c1C. The number of benzene rings is 1. The van der Waals surface area contributed by atoms with Gasteiger partial charge >= 0.3 is 12.4 Å². The van der Waals surface area contributed by atoms with Crippen molar-refractivity contribution in [3.63, 3.8) is 0 Å². The summed E-state index contributed by atoms with van der Waals surface area (Å²) >= 11 is 0. The number of aryl methyl sites for hydroxylation is 1. The normalized spacial score (nSPS) is 12.8. The van der Waals surface area contributed by atoms with Gasteiger partial charge in [0.25, 0.3) is 0 Å². The molecule has 1 aromatic carbocycles. The van der Waals surface area contributed by atoms with Crippen molar-refractivity contribution in [3.05, 3.63) is 47.0 Å². The van der Waals surface area contributed by atoms with Crippen LogP contribution in [0.3, 0.4) is 0 Å². The van der Waals surface area contributed by atoms with Gasteiger partial charge in [0, 0.05) is 11.4 Å². The Balaban J connectivity index is 2.66. The van der Waals surface area contributed by atoms with E-state index in [1.54, 1.807) is 13.8 Å². The lowest BCUT2D eigenvalue weighted by atomic mass is 10.1. The molecule has 2 aromatic rings. The van der Waals surface area contributed by atoms with Crippen LogP contribution in [0.1, 0.15) is 22.5 Å². The molecule has 2 rings (SSSR count). The maximum Gasteiger partial charge on any atom is 0.417 e. The first-order valence-electron chi connectivity index (χ1n) is 5.81. The molecule has 0 amide bonds. The molecule has 0 fully saturated rings. The van der Waals surface area contributed by atoms with Gasteiger partial charge < -0.3 is 4.57 Å². The van der Waals surface area contributed by atoms with E-state index < -0.39 is 23.5 Å². The summed E-state index contributed by atoms with van der Waals surface area (Å²) in [6, 6.07) is 1.91. The summed E-state index contributed by atoms with van der Waals surface area (Å²) in [6.07, 6.45) is -8.89. The standard InChI is InChI=1S/C13H10F6N2/c1-7-8(2)21(6-20-7)9-3-4-10(12(14,15)16)11(5-9)13(17,18)19/h3-6H,1-2H3. The van der Waals surface area contributed by atoms with Crippen LogP contribution < -0.4 is 0 Å². The predicted molar refractivity (Wildman–Crippen MR) is 63.0 cm³/mol. The molecule has 114 valence electrons. The molecular formula is C13H10F6N2. The zero-order valence-corrected chi connectivity index (χ0v) is 11.0. The molecule has 0 aliphatic rings. The average molecular weight is 308 g/mol. The van der Waals surface area contributed by atoms with Gasteiger partial charge in [-0.1, -0.05) is 0 Å². The highest BCUT2D eigenvalue weighted by atomic mass is 19.4. The molecule has 0 N–H and O–H groups in total. The van der Waals surface area contributed by atoms with Gasteiger partial charge in [0.15, 0.2) is 0 Å². The van der Waals surface area contributed by atoms with Crippen molar-refractivity contribution in [1.29, 1.82) is 0 Å². The van der Waals surface area contributed by atoms with Crippen LogP contribution in [-0.2, 0) is 12.4 Å². The van der Waals surface area contributed by atoms with E-state index in [1.165, 1.54) is 10.9 Å². The Kier molecular flexibility index (Phi) is 3.51. The van der Waals surface area contributed by atoms with Crippen molar-refractivity contribution in [3.8, 4) is 5.69 Å². The van der Waals surface area contributed by atoms with Crippen LogP contribution in [0.4, 0.5) is 26.3 Å². The van der Waals surface area contributed by atoms with Gasteiger partial charge in [-0.25, -0.2) is 4.98 Å². The minimum absolute atomic E-state index is 0.0200. The molecule has 8 heteroatoms. The largest absolute Gasteiger partial charge is 0.417 e. The summed E-state index contributed by atoms with van der Waals surface area (Å²) in [6.45, 7) is 3.27. The van der Waals surface area contributed by atoms with Crippen LogP contribution in [0.25, 0.3) is 5.69 Å². The number of hydrogen-bond acceptors (Lipinski definition) is 1. The van der Waals surface area contributed by atoms with Gasteiger partial charge in [0.1, 0.15) is 0 Å². The Morgan fingerprint density at radius 1 is 0.905 bits per heavy atom. The van der Waals surface area contributed by atoms with Crippen molar-refractivity contribution in [2.75, 3.05) is 0 Å². The lowest BCUT2D eigenvalue weighted by molar-refractivity contribution is -0.162. The van der Waals surface area contributed by atoms with Crippen LogP contribution in [0.15, 0.2) is 24.5 Å². The Labute approximate surface area is 116 Å². The molecular weight excluding hydrogens is 298 g/mol. The first-order chi connectivity index (χ1) is 9.51. The third-order valence-corrected chi connectivity index (χ3v) is 3.14. The number of alkyl halides is 6. The average Bonchev–Trinajstić information content (AvgIpc) is 2.67. The highest BCUT2D eigenvalue weighted by molar-refractivity contribution is 5.44. The molecule has 0 saturated heterocycles. The summed E-state index contributed by atoms with van der Waals surface area (Å²) in [4.78, 5) is 3.92. The maximum absolute atomic E-state index is 12.9. The minimum atomic E-state index is -5.09. The minimum Gasteiger partial charge on any atom is -0.303 e. The first kappa shape index (κ1) is 15.4. The molecule has 0 spiro atoms. The summed E-state index contributed by atoms with van der Waals surface area (Å²) < 4.78 is 77.9. The number of hydrogen-bond donors (Lipinski definition) is 0.